The van der Waals surface area contributed by atoms with Crippen LogP contribution < -0.4 is 5.32 Å². The number of carbonyl (C=O) groups is 2. The van der Waals surface area contributed by atoms with Crippen molar-refractivity contribution in [1.29, 1.82) is 0 Å². The number of fused-ring (bicyclic) bond motifs is 1. The zero-order valence-electron chi connectivity index (χ0n) is 15.7. The van der Waals surface area contributed by atoms with Gasteiger partial charge in [-0.3, -0.25) is 9.78 Å². The van der Waals surface area contributed by atoms with Crippen LogP contribution in [0.3, 0.4) is 0 Å². The molecule has 1 saturated heterocycles. The van der Waals surface area contributed by atoms with Gasteiger partial charge in [-0.1, -0.05) is 24.3 Å². The number of nitrogens with one attached hydrogen (secondary N) is 1. The summed E-state index contributed by atoms with van der Waals surface area (Å²) in [5, 5.41) is 3.95. The molecular weight excluding hydrogens is 387 g/mol. The lowest BCUT2D eigenvalue weighted by atomic mass is 9.96. The summed E-state index contributed by atoms with van der Waals surface area (Å²) in [5.74, 6) is -0.381. The zero-order chi connectivity index (χ0) is 20.9. The number of amides is 2. The third kappa shape index (κ3) is 5.82. The summed E-state index contributed by atoms with van der Waals surface area (Å²) < 4.78 is 40.6. The summed E-state index contributed by atoms with van der Waals surface area (Å²) >= 11 is 0. The number of pyridine rings is 1. The Bertz CT molecular complexity index is 859. The van der Waals surface area contributed by atoms with E-state index < -0.39 is 18.9 Å². The highest BCUT2D eigenvalue weighted by atomic mass is 19.4. The number of piperidine rings is 1. The van der Waals surface area contributed by atoms with Crippen LogP contribution in [0, 0.1) is 5.92 Å². The van der Waals surface area contributed by atoms with Gasteiger partial charge >= 0.3 is 12.3 Å². The Morgan fingerprint density at radius 2 is 1.90 bits per heavy atom. The van der Waals surface area contributed by atoms with Gasteiger partial charge in [-0.05, 0) is 30.9 Å². The van der Waals surface area contributed by atoms with E-state index >= 15 is 0 Å². The summed E-state index contributed by atoms with van der Waals surface area (Å²) in [6.07, 6.45) is -2.38. The van der Waals surface area contributed by atoms with Crippen molar-refractivity contribution in [1.82, 2.24) is 15.2 Å². The number of aromatic nitrogens is 1. The number of para-hydroxylation sites is 1. The Morgan fingerprint density at radius 3 is 2.62 bits per heavy atom. The Kier molecular flexibility index (Phi) is 6.56. The van der Waals surface area contributed by atoms with Crippen molar-refractivity contribution in [3.05, 3.63) is 42.1 Å². The second-order valence-electron chi connectivity index (χ2n) is 6.96. The van der Waals surface area contributed by atoms with Crippen molar-refractivity contribution in [2.45, 2.75) is 25.4 Å². The molecule has 3 rings (SSSR count). The number of nitrogens with zero attached hydrogens (tertiary/aromatic N) is 2. The van der Waals surface area contributed by atoms with Crippen LogP contribution in [0.25, 0.3) is 10.9 Å². The highest BCUT2D eigenvalue weighted by Crippen LogP contribution is 2.20. The molecule has 1 fully saturated rings. The minimum Gasteiger partial charge on any atom is -0.440 e. The number of hydrogen-bond acceptors (Lipinski definition) is 4. The fraction of sp³-hybridized carbons (Fsp3) is 0.450. The first-order valence-corrected chi connectivity index (χ1v) is 9.42. The topological polar surface area (TPSA) is 71.5 Å². The van der Waals surface area contributed by atoms with Crippen molar-refractivity contribution in [3.8, 4) is 0 Å². The van der Waals surface area contributed by atoms with Gasteiger partial charge < -0.3 is 15.0 Å². The van der Waals surface area contributed by atoms with Crippen molar-refractivity contribution in [3.63, 3.8) is 0 Å². The van der Waals surface area contributed by atoms with E-state index in [2.05, 4.69) is 15.0 Å². The number of likely N-dealkylation sites (tertiary alicyclic amines) is 1. The molecule has 6 nitrogen and oxygen atoms in total. The predicted octanol–water partition coefficient (Wildman–Crippen LogP) is 3.30. The molecule has 2 aromatic rings. The van der Waals surface area contributed by atoms with E-state index in [0.29, 0.717) is 25.8 Å². The highest BCUT2D eigenvalue weighted by molar-refractivity contribution is 5.82. The first-order chi connectivity index (χ1) is 13.8. The van der Waals surface area contributed by atoms with Crippen LogP contribution in [-0.4, -0.2) is 54.3 Å². The summed E-state index contributed by atoms with van der Waals surface area (Å²) in [6.45, 7) is -0.748. The van der Waals surface area contributed by atoms with E-state index in [4.69, 9.17) is 0 Å². The normalized spacial score (nSPS) is 15.3. The van der Waals surface area contributed by atoms with Gasteiger partial charge in [0.25, 0.3) is 0 Å². The maximum Gasteiger partial charge on any atom is 0.422 e. The molecule has 1 aromatic carbocycles. The SMILES string of the molecule is O=C(NCCc1cccc2cccnc12)C1CCN(C(=O)OCC(F)(F)F)CC1. The lowest BCUT2D eigenvalue weighted by Crippen LogP contribution is -2.44. The Morgan fingerprint density at radius 1 is 1.17 bits per heavy atom. The van der Waals surface area contributed by atoms with E-state index in [1.54, 1.807) is 6.20 Å². The van der Waals surface area contributed by atoms with Gasteiger partial charge in [-0.2, -0.15) is 13.2 Å². The van der Waals surface area contributed by atoms with Crippen molar-refractivity contribution in [2.24, 2.45) is 5.92 Å². The Hall–Kier alpha value is -2.84. The van der Waals surface area contributed by atoms with Gasteiger partial charge in [0.15, 0.2) is 6.61 Å². The van der Waals surface area contributed by atoms with E-state index in [1.807, 2.05) is 30.3 Å². The molecule has 1 aliphatic heterocycles. The summed E-state index contributed by atoms with van der Waals surface area (Å²) in [5.41, 5.74) is 1.96. The molecule has 0 unspecified atom stereocenters. The molecule has 9 heteroatoms. The molecule has 156 valence electrons. The molecule has 0 atom stereocenters. The molecule has 0 aliphatic carbocycles. The molecule has 2 amide bonds. The number of halogens is 3. The van der Waals surface area contributed by atoms with Crippen LogP contribution in [0.2, 0.25) is 0 Å². The average Bonchev–Trinajstić information content (AvgIpc) is 2.71. The van der Waals surface area contributed by atoms with Gasteiger partial charge in [-0.15, -0.1) is 0 Å². The van der Waals surface area contributed by atoms with E-state index in [0.717, 1.165) is 16.5 Å². The molecule has 29 heavy (non-hydrogen) atoms. The lowest BCUT2D eigenvalue weighted by Gasteiger charge is -2.30. The molecular formula is C20H22F3N3O3. The molecule has 0 radical (unpaired) electrons. The van der Waals surface area contributed by atoms with Crippen LogP contribution >= 0.6 is 0 Å². The molecule has 0 spiro atoms. The van der Waals surface area contributed by atoms with Gasteiger partial charge in [0.2, 0.25) is 5.91 Å². The predicted molar refractivity (Wildman–Crippen MR) is 100 cm³/mol. The number of benzene rings is 1. The summed E-state index contributed by atoms with van der Waals surface area (Å²) in [4.78, 5) is 29.6. The molecule has 2 heterocycles. The molecule has 0 bridgehead atoms. The monoisotopic (exact) mass is 409 g/mol. The smallest absolute Gasteiger partial charge is 0.422 e. The minimum atomic E-state index is -4.55. The van der Waals surface area contributed by atoms with Crippen LogP contribution in [0.5, 0.6) is 0 Å². The van der Waals surface area contributed by atoms with Gasteiger partial charge in [0.1, 0.15) is 0 Å². The molecule has 1 aliphatic rings. The third-order valence-corrected chi connectivity index (χ3v) is 4.89. The second-order valence-corrected chi connectivity index (χ2v) is 6.96. The number of alkyl halides is 3. The van der Waals surface area contributed by atoms with E-state index in [-0.39, 0.29) is 24.9 Å². The summed E-state index contributed by atoms with van der Waals surface area (Å²) in [7, 11) is 0. The van der Waals surface area contributed by atoms with Crippen molar-refractivity contribution in [2.75, 3.05) is 26.2 Å². The number of carbonyl (C=O) groups excluding carboxylic acids is 2. The summed E-state index contributed by atoms with van der Waals surface area (Å²) in [6, 6.07) is 9.77. The molecule has 0 saturated carbocycles. The van der Waals surface area contributed by atoms with Crippen LogP contribution in [0.15, 0.2) is 36.5 Å². The fourth-order valence-corrected chi connectivity index (χ4v) is 3.39. The maximum atomic E-state index is 12.4. The van der Waals surface area contributed by atoms with Crippen LogP contribution in [-0.2, 0) is 16.0 Å². The lowest BCUT2D eigenvalue weighted by molar-refractivity contribution is -0.162. The average molecular weight is 409 g/mol. The maximum absolute atomic E-state index is 12.4. The van der Waals surface area contributed by atoms with Crippen molar-refractivity contribution < 1.29 is 27.5 Å². The Balaban J connectivity index is 1.42. The molecule has 1 N–H and O–H groups in total. The van der Waals surface area contributed by atoms with E-state index in [1.165, 1.54) is 4.90 Å². The van der Waals surface area contributed by atoms with Crippen LogP contribution in [0.1, 0.15) is 18.4 Å². The standard InChI is InChI=1S/C20H22F3N3O3/c21-20(22,23)13-29-19(28)26-11-7-16(8-12-26)18(27)25-10-6-15-4-1-3-14-5-2-9-24-17(14)15/h1-5,9,16H,6-8,10-13H2,(H,25,27). The van der Waals surface area contributed by atoms with Crippen molar-refractivity contribution >= 4 is 22.9 Å². The van der Waals surface area contributed by atoms with E-state index in [9.17, 15) is 22.8 Å². The zero-order valence-corrected chi connectivity index (χ0v) is 15.7. The number of hydrogen-bond donors (Lipinski definition) is 1. The quantitative estimate of drug-likeness (QED) is 0.823. The number of rotatable bonds is 5. The second kappa shape index (κ2) is 9.11. The first-order valence-electron chi connectivity index (χ1n) is 9.42. The minimum absolute atomic E-state index is 0.110. The fourth-order valence-electron chi connectivity index (χ4n) is 3.39. The number of ether oxygens (including phenoxy) is 1. The molecule has 1 aromatic heterocycles. The van der Waals surface area contributed by atoms with Gasteiger partial charge in [-0.25, -0.2) is 4.79 Å². The first kappa shape index (κ1) is 20.9. The third-order valence-electron chi connectivity index (χ3n) is 4.89. The largest absolute Gasteiger partial charge is 0.440 e. The van der Waals surface area contributed by atoms with Gasteiger partial charge in [0, 0.05) is 37.1 Å². The Labute approximate surface area is 166 Å². The highest BCUT2D eigenvalue weighted by Gasteiger charge is 2.32. The van der Waals surface area contributed by atoms with Gasteiger partial charge in [0.05, 0.1) is 5.52 Å². The van der Waals surface area contributed by atoms with Crippen LogP contribution in [0.4, 0.5) is 18.0 Å².